The van der Waals surface area contributed by atoms with Gasteiger partial charge in [0.25, 0.3) is 0 Å². The first-order valence-corrected chi connectivity index (χ1v) is 8.20. The Kier molecular flexibility index (Phi) is 5.12. The Balaban J connectivity index is 1.84. The van der Waals surface area contributed by atoms with Crippen molar-refractivity contribution in [2.75, 3.05) is 13.1 Å². The molecule has 120 valence electrons. The summed E-state index contributed by atoms with van der Waals surface area (Å²) in [5.41, 5.74) is 0.473. The molecule has 0 aromatic carbocycles. The molecule has 5 heteroatoms. The topological polar surface area (TPSA) is 69.6 Å². The molecule has 2 fully saturated rings. The summed E-state index contributed by atoms with van der Waals surface area (Å²) < 4.78 is 0. The van der Waals surface area contributed by atoms with E-state index in [1.54, 1.807) is 4.90 Å². The van der Waals surface area contributed by atoms with Crippen molar-refractivity contribution in [3.8, 4) is 0 Å². The van der Waals surface area contributed by atoms with Crippen molar-refractivity contribution >= 4 is 12.0 Å². The number of hydrogen-bond acceptors (Lipinski definition) is 2. The predicted molar refractivity (Wildman–Crippen MR) is 81.1 cm³/mol. The van der Waals surface area contributed by atoms with E-state index < -0.39 is 12.0 Å². The molecule has 0 aromatic rings. The lowest BCUT2D eigenvalue weighted by atomic mass is 9.77. The lowest BCUT2D eigenvalue weighted by Gasteiger charge is -2.39. The molecule has 0 radical (unpaired) electrons. The van der Waals surface area contributed by atoms with Gasteiger partial charge < -0.3 is 15.3 Å². The maximum absolute atomic E-state index is 12.2. The van der Waals surface area contributed by atoms with Crippen LogP contribution < -0.4 is 5.32 Å². The molecule has 2 aliphatic rings. The zero-order valence-corrected chi connectivity index (χ0v) is 13.2. The normalized spacial score (nSPS) is 22.5. The number of aliphatic carboxylic acids is 1. The molecule has 1 unspecified atom stereocenters. The minimum absolute atomic E-state index is 0.212. The van der Waals surface area contributed by atoms with Crippen LogP contribution in [0.5, 0.6) is 0 Å². The van der Waals surface area contributed by atoms with Crippen LogP contribution in [0.1, 0.15) is 58.8 Å². The standard InChI is InChI=1S/C16H28N2O3/c1-12(2)11-13(14(19)20)17-15(21)18-9-7-16(8-10-18)5-3-4-6-16/h12-13H,3-11H2,1-2H3,(H,17,21)(H,19,20). The molecule has 0 bridgehead atoms. The van der Waals surface area contributed by atoms with Gasteiger partial charge in [0.05, 0.1) is 0 Å². The summed E-state index contributed by atoms with van der Waals surface area (Å²) >= 11 is 0. The van der Waals surface area contributed by atoms with Crippen molar-refractivity contribution in [1.29, 1.82) is 0 Å². The number of likely N-dealkylation sites (tertiary alicyclic amines) is 1. The first kappa shape index (κ1) is 16.1. The zero-order valence-electron chi connectivity index (χ0n) is 13.2. The van der Waals surface area contributed by atoms with E-state index in [-0.39, 0.29) is 11.9 Å². The molecule has 2 N–H and O–H groups in total. The van der Waals surface area contributed by atoms with Crippen molar-refractivity contribution in [3.63, 3.8) is 0 Å². The van der Waals surface area contributed by atoms with Gasteiger partial charge in [-0.15, -0.1) is 0 Å². The Bertz CT molecular complexity index is 379. The molecule has 1 spiro atoms. The van der Waals surface area contributed by atoms with Crippen LogP contribution in [-0.4, -0.2) is 41.1 Å². The second-order valence-electron chi connectivity index (χ2n) is 7.16. The highest BCUT2D eigenvalue weighted by Gasteiger charge is 2.38. The minimum atomic E-state index is -0.943. The number of rotatable bonds is 4. The van der Waals surface area contributed by atoms with Gasteiger partial charge in [-0.3, -0.25) is 0 Å². The number of carbonyl (C=O) groups excluding carboxylic acids is 1. The van der Waals surface area contributed by atoms with Gasteiger partial charge in [-0.2, -0.15) is 0 Å². The maximum Gasteiger partial charge on any atom is 0.326 e. The van der Waals surface area contributed by atoms with Crippen LogP contribution in [0.15, 0.2) is 0 Å². The van der Waals surface area contributed by atoms with Crippen LogP contribution >= 0.6 is 0 Å². The predicted octanol–water partition coefficient (Wildman–Crippen LogP) is 2.85. The Morgan fingerprint density at radius 1 is 1.14 bits per heavy atom. The second kappa shape index (κ2) is 6.67. The van der Waals surface area contributed by atoms with Gasteiger partial charge in [0.2, 0.25) is 0 Å². The zero-order chi connectivity index (χ0) is 15.5. The monoisotopic (exact) mass is 296 g/mol. The van der Waals surface area contributed by atoms with Gasteiger partial charge in [-0.05, 0) is 43.4 Å². The molecular weight excluding hydrogens is 268 g/mol. The third-order valence-electron chi connectivity index (χ3n) is 5.08. The van der Waals surface area contributed by atoms with Crippen molar-refractivity contribution in [2.45, 2.75) is 64.8 Å². The Morgan fingerprint density at radius 2 is 1.71 bits per heavy atom. The molecule has 1 heterocycles. The first-order valence-electron chi connectivity index (χ1n) is 8.20. The molecule has 1 saturated carbocycles. The van der Waals surface area contributed by atoms with E-state index in [1.165, 1.54) is 25.7 Å². The van der Waals surface area contributed by atoms with Crippen LogP contribution in [0, 0.1) is 11.3 Å². The smallest absolute Gasteiger partial charge is 0.326 e. The number of carbonyl (C=O) groups is 2. The van der Waals surface area contributed by atoms with Crippen LogP contribution in [0.3, 0.4) is 0 Å². The molecule has 5 nitrogen and oxygen atoms in total. The summed E-state index contributed by atoms with van der Waals surface area (Å²) in [6.45, 7) is 5.46. The number of piperidine rings is 1. The van der Waals surface area contributed by atoms with Gasteiger partial charge in [-0.1, -0.05) is 26.7 Å². The number of carboxylic acid groups (broad SMARTS) is 1. The Morgan fingerprint density at radius 3 is 2.19 bits per heavy atom. The number of urea groups is 1. The fourth-order valence-corrected chi connectivity index (χ4v) is 3.74. The number of amides is 2. The van der Waals surface area contributed by atoms with Gasteiger partial charge in [0.15, 0.2) is 0 Å². The molecule has 0 aromatic heterocycles. The lowest BCUT2D eigenvalue weighted by molar-refractivity contribution is -0.139. The van der Waals surface area contributed by atoms with Crippen LogP contribution in [-0.2, 0) is 4.79 Å². The number of hydrogen-bond donors (Lipinski definition) is 2. The summed E-state index contributed by atoms with van der Waals surface area (Å²) in [5.74, 6) is -0.698. The van der Waals surface area contributed by atoms with Crippen LogP contribution in [0.25, 0.3) is 0 Å². The van der Waals surface area contributed by atoms with Crippen LogP contribution in [0.2, 0.25) is 0 Å². The van der Waals surface area contributed by atoms with Crippen molar-refractivity contribution in [3.05, 3.63) is 0 Å². The molecule has 21 heavy (non-hydrogen) atoms. The quantitative estimate of drug-likeness (QED) is 0.838. The van der Waals surface area contributed by atoms with Crippen LogP contribution in [0.4, 0.5) is 4.79 Å². The average Bonchev–Trinajstić information content (AvgIpc) is 2.86. The fraction of sp³-hybridized carbons (Fsp3) is 0.875. The third kappa shape index (κ3) is 4.11. The third-order valence-corrected chi connectivity index (χ3v) is 5.08. The molecule has 1 aliphatic heterocycles. The number of nitrogens with zero attached hydrogens (tertiary/aromatic N) is 1. The molecule has 1 saturated heterocycles. The summed E-state index contributed by atoms with van der Waals surface area (Å²) in [6, 6.07) is -0.990. The van der Waals surface area contributed by atoms with Crippen molar-refractivity contribution in [2.24, 2.45) is 11.3 Å². The highest BCUT2D eigenvalue weighted by atomic mass is 16.4. The van der Waals surface area contributed by atoms with Gasteiger partial charge in [0, 0.05) is 13.1 Å². The number of carboxylic acids is 1. The summed E-state index contributed by atoms with van der Waals surface area (Å²) in [7, 11) is 0. The van der Waals surface area contributed by atoms with E-state index >= 15 is 0 Å². The van der Waals surface area contributed by atoms with Crippen molar-refractivity contribution in [1.82, 2.24) is 10.2 Å². The minimum Gasteiger partial charge on any atom is -0.480 e. The maximum atomic E-state index is 12.2. The summed E-state index contributed by atoms with van der Waals surface area (Å²) in [6.07, 6.45) is 7.86. The highest BCUT2D eigenvalue weighted by molar-refractivity contribution is 5.82. The summed E-state index contributed by atoms with van der Waals surface area (Å²) in [4.78, 5) is 25.3. The highest BCUT2D eigenvalue weighted by Crippen LogP contribution is 2.46. The van der Waals surface area contributed by atoms with E-state index in [4.69, 9.17) is 0 Å². The average molecular weight is 296 g/mol. The Labute approximate surface area is 127 Å². The van der Waals surface area contributed by atoms with Gasteiger partial charge in [0.1, 0.15) is 6.04 Å². The number of nitrogens with one attached hydrogen (secondary N) is 1. The molecule has 2 amide bonds. The second-order valence-corrected chi connectivity index (χ2v) is 7.16. The van der Waals surface area contributed by atoms with Gasteiger partial charge in [-0.25, -0.2) is 9.59 Å². The van der Waals surface area contributed by atoms with E-state index in [0.717, 1.165) is 25.9 Å². The summed E-state index contributed by atoms with van der Waals surface area (Å²) in [5, 5.41) is 11.9. The van der Waals surface area contributed by atoms with Crippen molar-refractivity contribution < 1.29 is 14.7 Å². The molecule has 1 aliphatic carbocycles. The van der Waals surface area contributed by atoms with E-state index in [0.29, 0.717) is 11.8 Å². The van der Waals surface area contributed by atoms with E-state index in [1.807, 2.05) is 13.8 Å². The first-order chi connectivity index (χ1) is 9.92. The van der Waals surface area contributed by atoms with E-state index in [2.05, 4.69) is 5.32 Å². The molecule has 1 atom stereocenters. The van der Waals surface area contributed by atoms with E-state index in [9.17, 15) is 14.7 Å². The largest absolute Gasteiger partial charge is 0.480 e. The van der Waals surface area contributed by atoms with Gasteiger partial charge >= 0.3 is 12.0 Å². The molecular formula is C16H28N2O3. The molecule has 2 rings (SSSR count). The SMILES string of the molecule is CC(C)CC(NC(=O)N1CCC2(CCCC2)CC1)C(=O)O. The lowest BCUT2D eigenvalue weighted by Crippen LogP contribution is -2.51. The Hall–Kier alpha value is -1.26. The fourth-order valence-electron chi connectivity index (χ4n) is 3.74.